The number of amides is 2. The van der Waals surface area contributed by atoms with Crippen molar-refractivity contribution in [1.82, 2.24) is 10.3 Å². The Balaban J connectivity index is 1.91. The van der Waals surface area contributed by atoms with Crippen molar-refractivity contribution in [2.24, 2.45) is 0 Å². The molecule has 1 aromatic rings. The molecule has 21 heavy (non-hydrogen) atoms. The van der Waals surface area contributed by atoms with Crippen LogP contribution in [0, 0.1) is 6.92 Å². The van der Waals surface area contributed by atoms with Crippen molar-refractivity contribution < 1.29 is 14.3 Å². The molecular weight excluding hydrogens is 290 g/mol. The summed E-state index contributed by atoms with van der Waals surface area (Å²) in [5.41, 5.74) is 0.575. The van der Waals surface area contributed by atoms with Gasteiger partial charge in [-0.25, -0.2) is 14.6 Å². The number of carbonyl (C=O) groups excluding carboxylic acids is 2. The van der Waals surface area contributed by atoms with E-state index in [-0.39, 0.29) is 12.1 Å². The second-order valence-electron chi connectivity index (χ2n) is 5.09. The summed E-state index contributed by atoms with van der Waals surface area (Å²) in [5, 5.41) is 6.07. The van der Waals surface area contributed by atoms with E-state index in [0.29, 0.717) is 22.3 Å². The summed E-state index contributed by atoms with van der Waals surface area (Å²) in [7, 11) is 0. The van der Waals surface area contributed by atoms with Crippen molar-refractivity contribution in [3.63, 3.8) is 0 Å². The van der Waals surface area contributed by atoms with E-state index in [9.17, 15) is 9.59 Å². The van der Waals surface area contributed by atoms with Gasteiger partial charge in [-0.15, -0.1) is 0 Å². The van der Waals surface area contributed by atoms with Crippen LogP contribution in [0.25, 0.3) is 0 Å². The first-order valence-corrected chi connectivity index (χ1v) is 8.14. The Morgan fingerprint density at radius 3 is 2.71 bits per heavy atom. The molecule has 2 N–H and O–H groups in total. The summed E-state index contributed by atoms with van der Waals surface area (Å²) >= 11 is 1.14. The van der Waals surface area contributed by atoms with E-state index in [1.165, 1.54) is 6.42 Å². The maximum Gasteiger partial charge on any atom is 0.350 e. The quantitative estimate of drug-likeness (QED) is 0.837. The van der Waals surface area contributed by atoms with Gasteiger partial charge in [0.25, 0.3) is 0 Å². The Morgan fingerprint density at radius 2 is 2.05 bits per heavy atom. The highest BCUT2D eigenvalue weighted by Gasteiger charge is 2.19. The van der Waals surface area contributed by atoms with E-state index in [0.717, 1.165) is 37.0 Å². The highest BCUT2D eigenvalue weighted by atomic mass is 32.1. The van der Waals surface area contributed by atoms with Crippen LogP contribution >= 0.6 is 11.3 Å². The van der Waals surface area contributed by atoms with Crippen LogP contribution in [-0.4, -0.2) is 29.6 Å². The molecule has 6 nitrogen and oxygen atoms in total. The Kier molecular flexibility index (Phi) is 5.55. The SMILES string of the molecule is CCOC(=O)c1sc(NC(=O)NC2CCCCC2)nc1C. The molecule has 0 spiro atoms. The third kappa shape index (κ3) is 4.42. The molecule has 2 rings (SSSR count). The summed E-state index contributed by atoms with van der Waals surface area (Å²) < 4.78 is 4.95. The van der Waals surface area contributed by atoms with Gasteiger partial charge in [-0.2, -0.15) is 0 Å². The molecule has 0 atom stereocenters. The number of ether oxygens (including phenoxy) is 1. The molecule has 1 aliphatic carbocycles. The van der Waals surface area contributed by atoms with Gasteiger partial charge in [0, 0.05) is 6.04 Å². The molecular formula is C14H21N3O3S. The smallest absolute Gasteiger partial charge is 0.350 e. The monoisotopic (exact) mass is 311 g/mol. The normalized spacial score (nSPS) is 15.5. The molecule has 7 heteroatoms. The lowest BCUT2D eigenvalue weighted by Crippen LogP contribution is -2.38. The number of hydrogen-bond acceptors (Lipinski definition) is 5. The van der Waals surface area contributed by atoms with Crippen LogP contribution < -0.4 is 10.6 Å². The number of carbonyl (C=O) groups is 2. The van der Waals surface area contributed by atoms with Crippen molar-refractivity contribution in [3.05, 3.63) is 10.6 Å². The van der Waals surface area contributed by atoms with Gasteiger partial charge in [-0.05, 0) is 26.7 Å². The van der Waals surface area contributed by atoms with E-state index in [4.69, 9.17) is 4.74 Å². The largest absolute Gasteiger partial charge is 0.462 e. The van der Waals surface area contributed by atoms with Crippen LogP contribution in [0.4, 0.5) is 9.93 Å². The topological polar surface area (TPSA) is 80.3 Å². The van der Waals surface area contributed by atoms with Gasteiger partial charge in [0.2, 0.25) is 0 Å². The maximum absolute atomic E-state index is 11.9. The zero-order valence-electron chi connectivity index (χ0n) is 12.4. The minimum absolute atomic E-state index is 0.240. The summed E-state index contributed by atoms with van der Waals surface area (Å²) in [4.78, 5) is 28.3. The lowest BCUT2D eigenvalue weighted by atomic mass is 9.96. The van der Waals surface area contributed by atoms with Crippen LogP contribution in [0.1, 0.15) is 54.4 Å². The molecule has 1 fully saturated rings. The number of esters is 1. The zero-order valence-corrected chi connectivity index (χ0v) is 13.2. The van der Waals surface area contributed by atoms with Crippen LogP contribution in [0.3, 0.4) is 0 Å². The average molecular weight is 311 g/mol. The van der Waals surface area contributed by atoms with Crippen LogP contribution in [0.15, 0.2) is 0 Å². The molecule has 1 aromatic heterocycles. The Bertz CT molecular complexity index is 510. The van der Waals surface area contributed by atoms with E-state index >= 15 is 0 Å². The van der Waals surface area contributed by atoms with Crippen LogP contribution in [-0.2, 0) is 4.74 Å². The zero-order chi connectivity index (χ0) is 15.2. The average Bonchev–Trinajstić information content (AvgIpc) is 2.80. The van der Waals surface area contributed by atoms with Crippen molar-refractivity contribution in [2.45, 2.75) is 52.0 Å². The van der Waals surface area contributed by atoms with Crippen LogP contribution in [0.2, 0.25) is 0 Å². The lowest BCUT2D eigenvalue weighted by molar-refractivity contribution is 0.0531. The Labute approximate surface area is 128 Å². The molecule has 1 heterocycles. The van der Waals surface area contributed by atoms with E-state index in [2.05, 4.69) is 15.6 Å². The standard InChI is InChI=1S/C14H21N3O3S/c1-3-20-12(18)11-9(2)15-14(21-11)17-13(19)16-10-7-5-4-6-8-10/h10H,3-8H2,1-2H3,(H2,15,16,17,19). The number of hydrogen-bond donors (Lipinski definition) is 2. The minimum atomic E-state index is -0.395. The molecule has 0 radical (unpaired) electrons. The second-order valence-corrected chi connectivity index (χ2v) is 6.09. The van der Waals surface area contributed by atoms with E-state index in [1.54, 1.807) is 13.8 Å². The number of thiazole rings is 1. The summed E-state index contributed by atoms with van der Waals surface area (Å²) in [6, 6.07) is -0.0182. The van der Waals surface area contributed by atoms with Gasteiger partial charge in [0.05, 0.1) is 12.3 Å². The maximum atomic E-state index is 11.9. The van der Waals surface area contributed by atoms with E-state index in [1.807, 2.05) is 0 Å². The van der Waals surface area contributed by atoms with Crippen molar-refractivity contribution in [3.8, 4) is 0 Å². The van der Waals surface area contributed by atoms with Gasteiger partial charge in [-0.3, -0.25) is 5.32 Å². The Hall–Kier alpha value is -1.63. The number of anilines is 1. The molecule has 116 valence electrons. The van der Waals surface area contributed by atoms with Gasteiger partial charge in [0.1, 0.15) is 4.88 Å². The molecule has 0 unspecified atom stereocenters. The number of urea groups is 1. The highest BCUT2D eigenvalue weighted by molar-refractivity contribution is 7.17. The first kappa shape index (κ1) is 15.8. The number of nitrogens with zero attached hydrogens (tertiary/aromatic N) is 1. The van der Waals surface area contributed by atoms with Gasteiger partial charge in [-0.1, -0.05) is 30.6 Å². The Morgan fingerprint density at radius 1 is 1.33 bits per heavy atom. The fraction of sp³-hybridized carbons (Fsp3) is 0.643. The second kappa shape index (κ2) is 7.40. The lowest BCUT2D eigenvalue weighted by Gasteiger charge is -2.22. The molecule has 0 aromatic carbocycles. The molecule has 0 aliphatic heterocycles. The van der Waals surface area contributed by atoms with Crippen molar-refractivity contribution in [2.75, 3.05) is 11.9 Å². The number of rotatable bonds is 4. The molecule has 0 bridgehead atoms. The van der Waals surface area contributed by atoms with Gasteiger partial charge < -0.3 is 10.1 Å². The minimum Gasteiger partial charge on any atom is -0.462 e. The number of aryl methyl sites for hydroxylation is 1. The molecule has 1 aliphatic rings. The summed E-state index contributed by atoms with van der Waals surface area (Å²) in [6.45, 7) is 3.80. The van der Waals surface area contributed by atoms with Crippen molar-refractivity contribution >= 4 is 28.5 Å². The third-order valence-electron chi connectivity index (χ3n) is 3.42. The molecule has 2 amide bonds. The van der Waals surface area contributed by atoms with Crippen molar-refractivity contribution in [1.29, 1.82) is 0 Å². The van der Waals surface area contributed by atoms with Gasteiger partial charge >= 0.3 is 12.0 Å². The molecule has 0 saturated heterocycles. The highest BCUT2D eigenvalue weighted by Crippen LogP contribution is 2.23. The fourth-order valence-electron chi connectivity index (χ4n) is 2.40. The summed E-state index contributed by atoms with van der Waals surface area (Å²) in [5.74, 6) is -0.395. The number of nitrogens with one attached hydrogen (secondary N) is 2. The van der Waals surface area contributed by atoms with E-state index < -0.39 is 5.97 Å². The van der Waals surface area contributed by atoms with Gasteiger partial charge in [0.15, 0.2) is 5.13 Å². The first-order valence-electron chi connectivity index (χ1n) is 7.32. The predicted octanol–water partition coefficient (Wildman–Crippen LogP) is 3.08. The fourth-order valence-corrected chi connectivity index (χ4v) is 3.26. The first-order chi connectivity index (χ1) is 10.1. The number of aromatic nitrogens is 1. The summed E-state index contributed by atoms with van der Waals surface area (Å²) in [6.07, 6.45) is 5.62. The predicted molar refractivity (Wildman–Crippen MR) is 81.8 cm³/mol. The molecule has 1 saturated carbocycles. The third-order valence-corrected chi connectivity index (χ3v) is 4.47. The van der Waals surface area contributed by atoms with Crippen LogP contribution in [0.5, 0.6) is 0 Å².